The number of hydrogen-bond donors (Lipinski definition) is 1. The summed E-state index contributed by atoms with van der Waals surface area (Å²) in [7, 11) is 3.38. The van der Waals surface area contributed by atoms with Gasteiger partial charge in [0, 0.05) is 25.8 Å². The number of anilines is 2. The van der Waals surface area contributed by atoms with E-state index in [0.29, 0.717) is 12.6 Å². The predicted molar refractivity (Wildman–Crippen MR) is 76.4 cm³/mol. The van der Waals surface area contributed by atoms with Crippen LogP contribution in [0.2, 0.25) is 0 Å². The molecule has 1 aromatic rings. The molecule has 1 unspecified atom stereocenters. The van der Waals surface area contributed by atoms with Crippen LogP contribution in [-0.2, 0) is 4.74 Å². The number of rotatable bonds is 7. The maximum absolute atomic E-state index is 6.07. The molecule has 18 heavy (non-hydrogen) atoms. The Morgan fingerprint density at radius 3 is 2.61 bits per heavy atom. The van der Waals surface area contributed by atoms with Gasteiger partial charge in [-0.25, -0.2) is 0 Å². The minimum atomic E-state index is 0.412. The monoisotopic (exact) mass is 252 g/mol. The average molecular weight is 252 g/mol. The fourth-order valence-electron chi connectivity index (χ4n) is 1.89. The average Bonchev–Trinajstić information content (AvgIpc) is 2.40. The Balaban J connectivity index is 3.02. The summed E-state index contributed by atoms with van der Waals surface area (Å²) in [6.07, 6.45) is 1.06. The Morgan fingerprint density at radius 1 is 1.33 bits per heavy atom. The summed E-state index contributed by atoms with van der Waals surface area (Å²) >= 11 is 0. The van der Waals surface area contributed by atoms with Crippen LogP contribution >= 0.6 is 0 Å². The summed E-state index contributed by atoms with van der Waals surface area (Å²) in [6, 6.07) is 6.16. The first kappa shape index (κ1) is 14.6. The maximum atomic E-state index is 6.07. The highest BCUT2D eigenvalue weighted by Crippen LogP contribution is 2.30. The van der Waals surface area contributed by atoms with Gasteiger partial charge in [-0.05, 0) is 25.5 Å². The third kappa shape index (κ3) is 3.53. The first-order valence-electron chi connectivity index (χ1n) is 6.33. The molecule has 0 heterocycles. The van der Waals surface area contributed by atoms with Crippen molar-refractivity contribution in [2.24, 2.45) is 0 Å². The second kappa shape index (κ2) is 7.11. The normalized spacial score (nSPS) is 12.2. The lowest BCUT2D eigenvalue weighted by molar-refractivity contribution is 0.203. The van der Waals surface area contributed by atoms with Crippen molar-refractivity contribution in [3.05, 3.63) is 18.2 Å². The molecule has 102 valence electrons. The van der Waals surface area contributed by atoms with Gasteiger partial charge in [-0.2, -0.15) is 0 Å². The molecule has 0 radical (unpaired) electrons. The van der Waals surface area contributed by atoms with Gasteiger partial charge in [-0.15, -0.1) is 0 Å². The van der Waals surface area contributed by atoms with Crippen molar-refractivity contribution < 1.29 is 9.47 Å². The summed E-state index contributed by atoms with van der Waals surface area (Å²) in [5.74, 6) is 0.824. The van der Waals surface area contributed by atoms with Gasteiger partial charge in [0.15, 0.2) is 0 Å². The first-order chi connectivity index (χ1) is 8.63. The Labute approximate surface area is 110 Å². The number of nitrogen functional groups attached to an aromatic ring is 1. The zero-order valence-electron chi connectivity index (χ0n) is 11.8. The summed E-state index contributed by atoms with van der Waals surface area (Å²) in [5, 5.41) is 0. The van der Waals surface area contributed by atoms with Crippen molar-refractivity contribution in [2.45, 2.75) is 26.3 Å². The molecule has 4 nitrogen and oxygen atoms in total. The molecule has 0 bridgehead atoms. The van der Waals surface area contributed by atoms with Crippen LogP contribution in [0.1, 0.15) is 20.3 Å². The van der Waals surface area contributed by atoms with E-state index in [9.17, 15) is 0 Å². The molecule has 0 aromatic heterocycles. The van der Waals surface area contributed by atoms with Gasteiger partial charge in [0.05, 0.1) is 25.1 Å². The number of nitrogens with two attached hydrogens (primary N) is 1. The van der Waals surface area contributed by atoms with Crippen LogP contribution in [0.4, 0.5) is 11.4 Å². The number of benzene rings is 1. The Bertz CT molecular complexity index is 369. The van der Waals surface area contributed by atoms with E-state index >= 15 is 0 Å². The molecule has 4 heteroatoms. The molecule has 0 saturated heterocycles. The van der Waals surface area contributed by atoms with E-state index in [1.807, 2.05) is 18.2 Å². The maximum Gasteiger partial charge on any atom is 0.121 e. The Hall–Kier alpha value is -1.42. The van der Waals surface area contributed by atoms with Crippen molar-refractivity contribution in [1.29, 1.82) is 0 Å². The molecule has 0 saturated carbocycles. The van der Waals surface area contributed by atoms with E-state index in [2.05, 4.69) is 18.7 Å². The molecular weight excluding hydrogens is 228 g/mol. The smallest absolute Gasteiger partial charge is 0.121 e. The number of methoxy groups -OCH3 is 2. The van der Waals surface area contributed by atoms with Gasteiger partial charge < -0.3 is 20.1 Å². The minimum Gasteiger partial charge on any atom is -0.497 e. The number of ether oxygens (including phenoxy) is 2. The molecule has 0 fully saturated rings. The second-order valence-corrected chi connectivity index (χ2v) is 4.37. The van der Waals surface area contributed by atoms with E-state index in [-0.39, 0.29) is 0 Å². The largest absolute Gasteiger partial charge is 0.497 e. The molecule has 1 aromatic carbocycles. The first-order valence-corrected chi connectivity index (χ1v) is 6.33. The molecule has 1 rings (SSSR count). The van der Waals surface area contributed by atoms with Gasteiger partial charge >= 0.3 is 0 Å². The van der Waals surface area contributed by atoms with Crippen molar-refractivity contribution in [1.82, 2.24) is 0 Å². The highest BCUT2D eigenvalue weighted by Gasteiger charge is 2.16. The van der Waals surface area contributed by atoms with Crippen molar-refractivity contribution in [3.63, 3.8) is 0 Å². The summed E-state index contributed by atoms with van der Waals surface area (Å²) in [6.45, 7) is 5.86. The lowest BCUT2D eigenvalue weighted by Gasteiger charge is -2.31. The van der Waals surface area contributed by atoms with Crippen molar-refractivity contribution in [2.75, 3.05) is 38.0 Å². The van der Waals surface area contributed by atoms with E-state index < -0.39 is 0 Å². The number of hydrogen-bond acceptors (Lipinski definition) is 4. The Kier molecular flexibility index (Phi) is 5.78. The van der Waals surface area contributed by atoms with Gasteiger partial charge in [-0.3, -0.25) is 0 Å². The van der Waals surface area contributed by atoms with E-state index in [0.717, 1.165) is 30.1 Å². The second-order valence-electron chi connectivity index (χ2n) is 4.37. The van der Waals surface area contributed by atoms with Crippen LogP contribution in [0.25, 0.3) is 0 Å². The SMILES string of the molecule is CCC(C)N(CCOC)c1cc(OC)ccc1N. The molecular formula is C14H24N2O2. The summed E-state index contributed by atoms with van der Waals surface area (Å²) in [4.78, 5) is 2.27. The zero-order valence-corrected chi connectivity index (χ0v) is 11.8. The summed E-state index contributed by atoms with van der Waals surface area (Å²) < 4.78 is 10.4. The third-order valence-corrected chi connectivity index (χ3v) is 3.21. The third-order valence-electron chi connectivity index (χ3n) is 3.21. The van der Waals surface area contributed by atoms with Crippen LogP contribution in [0, 0.1) is 0 Å². The fourth-order valence-corrected chi connectivity index (χ4v) is 1.89. The molecule has 0 spiro atoms. The predicted octanol–water partition coefficient (Wildman–Crippen LogP) is 2.53. The van der Waals surface area contributed by atoms with E-state index in [4.69, 9.17) is 15.2 Å². The quantitative estimate of drug-likeness (QED) is 0.758. The van der Waals surface area contributed by atoms with Crippen LogP contribution in [0.5, 0.6) is 5.75 Å². The molecule has 0 amide bonds. The van der Waals surface area contributed by atoms with Crippen LogP contribution in [0.15, 0.2) is 18.2 Å². The van der Waals surface area contributed by atoms with Gasteiger partial charge in [-0.1, -0.05) is 6.92 Å². The Morgan fingerprint density at radius 2 is 2.06 bits per heavy atom. The lowest BCUT2D eigenvalue weighted by atomic mass is 10.1. The van der Waals surface area contributed by atoms with Crippen LogP contribution in [0.3, 0.4) is 0 Å². The summed E-state index contributed by atoms with van der Waals surface area (Å²) in [5.41, 5.74) is 7.86. The van der Waals surface area contributed by atoms with E-state index in [1.54, 1.807) is 14.2 Å². The standard InChI is InChI=1S/C14H24N2O2/c1-5-11(2)16(8-9-17-3)14-10-12(18-4)6-7-13(14)15/h6-7,10-11H,5,8-9,15H2,1-4H3. The minimum absolute atomic E-state index is 0.412. The van der Waals surface area contributed by atoms with Gasteiger partial charge in [0.2, 0.25) is 0 Å². The number of nitrogens with zero attached hydrogens (tertiary/aromatic N) is 1. The molecule has 0 aliphatic carbocycles. The molecule has 1 atom stereocenters. The highest BCUT2D eigenvalue weighted by molar-refractivity contribution is 5.70. The lowest BCUT2D eigenvalue weighted by Crippen LogP contribution is -2.35. The van der Waals surface area contributed by atoms with Gasteiger partial charge in [0.25, 0.3) is 0 Å². The van der Waals surface area contributed by atoms with E-state index in [1.165, 1.54) is 0 Å². The highest BCUT2D eigenvalue weighted by atomic mass is 16.5. The topological polar surface area (TPSA) is 47.7 Å². The molecule has 0 aliphatic heterocycles. The van der Waals surface area contributed by atoms with Crippen molar-refractivity contribution >= 4 is 11.4 Å². The van der Waals surface area contributed by atoms with Crippen LogP contribution < -0.4 is 15.4 Å². The molecule has 0 aliphatic rings. The van der Waals surface area contributed by atoms with Gasteiger partial charge in [0.1, 0.15) is 5.75 Å². The van der Waals surface area contributed by atoms with Crippen molar-refractivity contribution in [3.8, 4) is 5.75 Å². The zero-order chi connectivity index (χ0) is 13.5. The fraction of sp³-hybridized carbons (Fsp3) is 0.571. The van der Waals surface area contributed by atoms with Crippen LogP contribution in [-0.4, -0.2) is 33.4 Å². The molecule has 2 N–H and O–H groups in total.